The van der Waals surface area contributed by atoms with Crippen molar-refractivity contribution in [3.63, 3.8) is 0 Å². The van der Waals surface area contributed by atoms with Crippen molar-refractivity contribution in [1.82, 2.24) is 0 Å². The van der Waals surface area contributed by atoms with Crippen LogP contribution in [0.3, 0.4) is 0 Å². The summed E-state index contributed by atoms with van der Waals surface area (Å²) in [6.45, 7) is 0.288. The van der Waals surface area contributed by atoms with Crippen LogP contribution in [0.15, 0.2) is 48.5 Å². The predicted octanol–water partition coefficient (Wildman–Crippen LogP) is 2.80. The van der Waals surface area contributed by atoms with Gasteiger partial charge in [0.05, 0.1) is 17.4 Å². The molecule has 0 radical (unpaired) electrons. The van der Waals surface area contributed by atoms with E-state index in [2.05, 4.69) is 0 Å². The summed E-state index contributed by atoms with van der Waals surface area (Å²) in [5.74, 6) is -0.782. The van der Waals surface area contributed by atoms with Gasteiger partial charge in [0, 0.05) is 5.56 Å². The van der Waals surface area contributed by atoms with E-state index >= 15 is 0 Å². The lowest BCUT2D eigenvalue weighted by Gasteiger charge is -2.07. The molecule has 6 heteroatoms. The molecule has 0 unspecified atom stereocenters. The smallest absolute Gasteiger partial charge is 0.308 e. The molecule has 0 aliphatic heterocycles. The van der Waals surface area contributed by atoms with Crippen molar-refractivity contribution in [2.45, 2.75) is 13.0 Å². The van der Waals surface area contributed by atoms with Gasteiger partial charge >= 0.3 is 5.97 Å². The van der Waals surface area contributed by atoms with Crippen LogP contribution in [-0.2, 0) is 17.8 Å². The summed E-state index contributed by atoms with van der Waals surface area (Å²) in [7, 11) is 0. The second kappa shape index (κ2) is 6.51. The Labute approximate surface area is 120 Å². The van der Waals surface area contributed by atoms with Gasteiger partial charge in [-0.2, -0.15) is 0 Å². The number of aliphatic carboxylic acids is 1. The van der Waals surface area contributed by atoms with Gasteiger partial charge in [-0.25, -0.2) is 0 Å². The second-order valence-electron chi connectivity index (χ2n) is 4.39. The first-order valence-corrected chi connectivity index (χ1v) is 6.22. The number of ether oxygens (including phenoxy) is 1. The van der Waals surface area contributed by atoms with Crippen LogP contribution < -0.4 is 4.74 Å². The summed E-state index contributed by atoms with van der Waals surface area (Å²) >= 11 is 0. The molecule has 0 spiro atoms. The Hall–Kier alpha value is -2.89. The van der Waals surface area contributed by atoms with Gasteiger partial charge in [0.1, 0.15) is 12.4 Å². The monoisotopic (exact) mass is 287 g/mol. The number of hydrogen-bond acceptors (Lipinski definition) is 4. The van der Waals surface area contributed by atoms with Gasteiger partial charge < -0.3 is 9.84 Å². The zero-order valence-corrected chi connectivity index (χ0v) is 11.1. The fourth-order valence-corrected chi connectivity index (χ4v) is 1.86. The molecular weight excluding hydrogens is 274 g/mol. The van der Waals surface area contributed by atoms with Crippen molar-refractivity contribution in [1.29, 1.82) is 0 Å². The third-order valence-corrected chi connectivity index (χ3v) is 2.84. The van der Waals surface area contributed by atoms with Gasteiger partial charge in [0.2, 0.25) is 0 Å². The predicted molar refractivity (Wildman–Crippen MR) is 75.2 cm³/mol. The molecule has 0 aliphatic rings. The molecule has 2 aromatic carbocycles. The second-order valence-corrected chi connectivity index (χ2v) is 4.39. The Balaban J connectivity index is 2.16. The van der Waals surface area contributed by atoms with Gasteiger partial charge in [-0.1, -0.05) is 30.3 Å². The van der Waals surface area contributed by atoms with Crippen LogP contribution in [0.4, 0.5) is 5.69 Å². The molecule has 0 atom stereocenters. The Morgan fingerprint density at radius 2 is 1.90 bits per heavy atom. The normalized spacial score (nSPS) is 10.1. The fraction of sp³-hybridized carbons (Fsp3) is 0.133. The summed E-state index contributed by atoms with van der Waals surface area (Å²) in [5, 5.41) is 19.7. The molecule has 2 aromatic rings. The van der Waals surface area contributed by atoms with Crippen molar-refractivity contribution in [3.05, 3.63) is 69.8 Å². The van der Waals surface area contributed by atoms with E-state index in [-0.39, 0.29) is 17.9 Å². The van der Waals surface area contributed by atoms with Crippen molar-refractivity contribution < 1.29 is 19.6 Å². The van der Waals surface area contributed by atoms with Crippen LogP contribution in [-0.4, -0.2) is 16.0 Å². The topological polar surface area (TPSA) is 89.7 Å². The Kier molecular flexibility index (Phi) is 4.50. The lowest BCUT2D eigenvalue weighted by molar-refractivity contribution is -0.385. The van der Waals surface area contributed by atoms with Gasteiger partial charge in [-0.3, -0.25) is 14.9 Å². The maximum atomic E-state index is 11.0. The molecule has 21 heavy (non-hydrogen) atoms. The Morgan fingerprint density at radius 1 is 1.19 bits per heavy atom. The van der Waals surface area contributed by atoms with Crippen molar-refractivity contribution in [3.8, 4) is 5.75 Å². The molecule has 0 amide bonds. The summed E-state index contributed by atoms with van der Waals surface area (Å²) in [5.41, 5.74) is 0.845. The first-order valence-electron chi connectivity index (χ1n) is 6.22. The van der Waals surface area contributed by atoms with E-state index in [4.69, 9.17) is 9.84 Å². The highest BCUT2D eigenvalue weighted by Gasteiger charge is 2.17. The zero-order chi connectivity index (χ0) is 15.2. The molecule has 0 aliphatic carbocycles. The molecule has 108 valence electrons. The first kappa shape index (κ1) is 14.5. The lowest BCUT2D eigenvalue weighted by atomic mass is 10.1. The maximum Gasteiger partial charge on any atom is 0.308 e. The van der Waals surface area contributed by atoms with Gasteiger partial charge in [0.15, 0.2) is 0 Å². The number of carboxylic acid groups (broad SMARTS) is 1. The number of nitro groups is 1. The molecule has 2 rings (SSSR count). The summed E-state index contributed by atoms with van der Waals surface area (Å²) < 4.78 is 5.49. The minimum atomic E-state index is -1.11. The van der Waals surface area contributed by atoms with E-state index < -0.39 is 17.3 Å². The average molecular weight is 287 g/mol. The number of nitro benzene ring substituents is 1. The van der Waals surface area contributed by atoms with Crippen molar-refractivity contribution >= 4 is 11.7 Å². The highest BCUT2D eigenvalue weighted by molar-refractivity contribution is 5.72. The summed E-state index contributed by atoms with van der Waals surface area (Å²) in [6.07, 6.45) is -0.394. The molecule has 0 heterocycles. The third kappa shape index (κ3) is 4.04. The third-order valence-electron chi connectivity index (χ3n) is 2.84. The fourth-order valence-electron chi connectivity index (χ4n) is 1.86. The summed E-state index contributed by atoms with van der Waals surface area (Å²) in [4.78, 5) is 21.1. The van der Waals surface area contributed by atoms with E-state index in [1.807, 2.05) is 30.3 Å². The summed E-state index contributed by atoms with van der Waals surface area (Å²) in [6, 6.07) is 13.6. The number of nitrogens with zero attached hydrogens (tertiary/aromatic N) is 1. The number of rotatable bonds is 6. The number of carbonyl (C=O) groups is 1. The van der Waals surface area contributed by atoms with Crippen LogP contribution in [0.5, 0.6) is 5.75 Å². The maximum absolute atomic E-state index is 11.0. The van der Waals surface area contributed by atoms with E-state index in [0.717, 1.165) is 5.56 Å². The van der Waals surface area contributed by atoms with E-state index in [1.165, 1.54) is 18.2 Å². The Morgan fingerprint density at radius 3 is 2.52 bits per heavy atom. The van der Waals surface area contributed by atoms with Crippen LogP contribution >= 0.6 is 0 Å². The molecular formula is C15H13NO5. The van der Waals surface area contributed by atoms with Crippen molar-refractivity contribution in [2.24, 2.45) is 0 Å². The van der Waals surface area contributed by atoms with Gasteiger partial charge in [0.25, 0.3) is 5.69 Å². The van der Waals surface area contributed by atoms with Gasteiger partial charge in [-0.15, -0.1) is 0 Å². The molecule has 0 aromatic heterocycles. The average Bonchev–Trinajstić information content (AvgIpc) is 2.46. The minimum Gasteiger partial charge on any atom is -0.489 e. The molecule has 0 saturated heterocycles. The lowest BCUT2D eigenvalue weighted by Crippen LogP contribution is -2.04. The zero-order valence-electron chi connectivity index (χ0n) is 11.1. The van der Waals surface area contributed by atoms with E-state index in [9.17, 15) is 14.9 Å². The van der Waals surface area contributed by atoms with Crippen LogP contribution in [0.25, 0.3) is 0 Å². The van der Waals surface area contributed by atoms with Gasteiger partial charge in [-0.05, 0) is 17.7 Å². The highest BCUT2D eigenvalue weighted by atomic mass is 16.6. The van der Waals surface area contributed by atoms with Crippen molar-refractivity contribution in [2.75, 3.05) is 0 Å². The molecule has 0 bridgehead atoms. The van der Waals surface area contributed by atoms with Crippen LogP contribution in [0.1, 0.15) is 11.1 Å². The van der Waals surface area contributed by atoms with E-state index in [0.29, 0.717) is 5.75 Å². The Bertz CT molecular complexity index is 654. The standard InChI is InChI=1S/C15H13NO5/c17-15(18)8-12-6-7-13(9-14(12)16(19)20)21-10-11-4-2-1-3-5-11/h1-7,9H,8,10H2,(H,17,18). The number of hydrogen-bond donors (Lipinski definition) is 1. The van der Waals surface area contributed by atoms with E-state index in [1.54, 1.807) is 0 Å². The highest BCUT2D eigenvalue weighted by Crippen LogP contribution is 2.25. The van der Waals surface area contributed by atoms with Crippen LogP contribution in [0, 0.1) is 10.1 Å². The molecule has 1 N–H and O–H groups in total. The number of benzene rings is 2. The molecule has 6 nitrogen and oxygen atoms in total. The molecule has 0 saturated carbocycles. The van der Waals surface area contributed by atoms with Crippen LogP contribution in [0.2, 0.25) is 0 Å². The quantitative estimate of drug-likeness (QED) is 0.651. The largest absolute Gasteiger partial charge is 0.489 e. The minimum absolute atomic E-state index is 0.152. The first-order chi connectivity index (χ1) is 10.1. The molecule has 0 fully saturated rings. The SMILES string of the molecule is O=C(O)Cc1ccc(OCc2ccccc2)cc1[N+](=O)[O-]. The number of carboxylic acids is 1.